The molecular weight excluding hydrogens is 174 g/mol. The largest absolute Gasteiger partial charge is 0.384 e. The summed E-state index contributed by atoms with van der Waals surface area (Å²) in [6.07, 6.45) is 1.08. The van der Waals surface area contributed by atoms with Crippen LogP contribution in [0.1, 0.15) is 45.9 Å². The number of anilines is 1. The van der Waals surface area contributed by atoms with Crippen LogP contribution in [0.2, 0.25) is 0 Å². The van der Waals surface area contributed by atoms with Crippen molar-refractivity contribution in [2.45, 2.75) is 47.1 Å². The third-order valence-electron chi connectivity index (χ3n) is 2.21. The molecule has 1 heterocycles. The number of rotatable bonds is 2. The van der Waals surface area contributed by atoms with E-state index in [2.05, 4.69) is 32.8 Å². The highest BCUT2D eigenvalue weighted by molar-refractivity contribution is 5.30. The Balaban J connectivity index is 2.79. The van der Waals surface area contributed by atoms with Gasteiger partial charge in [-0.25, -0.2) is 4.68 Å². The van der Waals surface area contributed by atoms with Crippen molar-refractivity contribution in [1.82, 2.24) is 9.78 Å². The second kappa shape index (κ2) is 3.64. The Kier molecular flexibility index (Phi) is 2.88. The molecule has 0 saturated heterocycles. The van der Waals surface area contributed by atoms with Gasteiger partial charge in [-0.3, -0.25) is 0 Å². The zero-order chi connectivity index (χ0) is 10.9. The second-order valence-electron chi connectivity index (χ2n) is 5.27. The second-order valence-corrected chi connectivity index (χ2v) is 5.27. The number of hydrogen-bond acceptors (Lipinski definition) is 2. The van der Waals surface area contributed by atoms with E-state index in [0.29, 0.717) is 11.5 Å². The average Bonchev–Trinajstić information content (AvgIpc) is 2.26. The minimum atomic E-state index is 0.311. The fourth-order valence-corrected chi connectivity index (χ4v) is 1.86. The molecule has 0 aliphatic carbocycles. The van der Waals surface area contributed by atoms with Crippen LogP contribution < -0.4 is 5.73 Å². The number of nitrogens with zero attached hydrogens (tertiary/aromatic N) is 2. The van der Waals surface area contributed by atoms with E-state index in [0.717, 1.165) is 17.9 Å². The molecule has 1 atom stereocenters. The third-order valence-corrected chi connectivity index (χ3v) is 2.21. The van der Waals surface area contributed by atoms with Crippen LogP contribution in [0.4, 0.5) is 5.82 Å². The fourth-order valence-electron chi connectivity index (χ4n) is 1.86. The van der Waals surface area contributed by atoms with Gasteiger partial charge in [-0.1, -0.05) is 20.8 Å². The lowest BCUT2D eigenvalue weighted by molar-refractivity contribution is 0.295. The van der Waals surface area contributed by atoms with E-state index in [1.54, 1.807) is 0 Å². The van der Waals surface area contributed by atoms with Crippen LogP contribution in [-0.4, -0.2) is 9.78 Å². The molecule has 0 saturated carbocycles. The molecular formula is C11H21N3. The van der Waals surface area contributed by atoms with Gasteiger partial charge in [0.15, 0.2) is 0 Å². The summed E-state index contributed by atoms with van der Waals surface area (Å²) in [6, 6.07) is 2.28. The molecule has 0 aliphatic heterocycles. The molecule has 1 rings (SSSR count). The Hall–Kier alpha value is -0.990. The summed E-state index contributed by atoms with van der Waals surface area (Å²) in [4.78, 5) is 0. The Morgan fingerprint density at radius 3 is 2.43 bits per heavy atom. The minimum absolute atomic E-state index is 0.311. The van der Waals surface area contributed by atoms with E-state index in [-0.39, 0.29) is 0 Å². The van der Waals surface area contributed by atoms with Crippen molar-refractivity contribution in [3.05, 3.63) is 11.8 Å². The number of nitrogen functional groups attached to an aromatic ring is 1. The smallest absolute Gasteiger partial charge is 0.122 e. The molecule has 2 N–H and O–H groups in total. The lowest BCUT2D eigenvalue weighted by atomic mass is 9.89. The molecule has 1 unspecified atom stereocenters. The van der Waals surface area contributed by atoms with Crippen molar-refractivity contribution in [2.75, 3.05) is 5.73 Å². The molecule has 14 heavy (non-hydrogen) atoms. The van der Waals surface area contributed by atoms with Crippen molar-refractivity contribution in [2.24, 2.45) is 5.41 Å². The van der Waals surface area contributed by atoms with Crippen LogP contribution in [0, 0.1) is 12.3 Å². The number of aromatic nitrogens is 2. The van der Waals surface area contributed by atoms with E-state index < -0.39 is 0 Å². The van der Waals surface area contributed by atoms with Crippen LogP contribution in [0.5, 0.6) is 0 Å². The van der Waals surface area contributed by atoms with Crippen molar-refractivity contribution in [3.63, 3.8) is 0 Å². The SMILES string of the molecule is Cc1cc(N)n(C(C)CC(C)(C)C)n1. The summed E-state index contributed by atoms with van der Waals surface area (Å²) >= 11 is 0. The topological polar surface area (TPSA) is 43.8 Å². The van der Waals surface area contributed by atoms with Gasteiger partial charge in [0.05, 0.1) is 11.7 Å². The summed E-state index contributed by atoms with van der Waals surface area (Å²) in [5, 5.41) is 4.39. The number of aryl methyl sites for hydroxylation is 1. The third kappa shape index (κ3) is 2.76. The maximum Gasteiger partial charge on any atom is 0.122 e. The highest BCUT2D eigenvalue weighted by atomic mass is 15.3. The Morgan fingerprint density at radius 1 is 1.50 bits per heavy atom. The summed E-state index contributed by atoms with van der Waals surface area (Å²) in [7, 11) is 0. The fraction of sp³-hybridized carbons (Fsp3) is 0.727. The summed E-state index contributed by atoms with van der Waals surface area (Å²) in [5.74, 6) is 0.763. The van der Waals surface area contributed by atoms with Crippen LogP contribution in [0.15, 0.2) is 6.07 Å². The van der Waals surface area contributed by atoms with Crippen LogP contribution in [0.25, 0.3) is 0 Å². The van der Waals surface area contributed by atoms with Crippen molar-refractivity contribution in [3.8, 4) is 0 Å². The van der Waals surface area contributed by atoms with Gasteiger partial charge in [0.1, 0.15) is 5.82 Å². The van der Waals surface area contributed by atoms with Crippen LogP contribution >= 0.6 is 0 Å². The molecule has 80 valence electrons. The zero-order valence-electron chi connectivity index (χ0n) is 9.83. The molecule has 3 heteroatoms. The quantitative estimate of drug-likeness (QED) is 0.788. The molecule has 0 aromatic carbocycles. The molecule has 0 spiro atoms. The summed E-state index contributed by atoms with van der Waals surface area (Å²) in [5.41, 5.74) is 7.16. The van der Waals surface area contributed by atoms with Gasteiger partial charge in [-0.2, -0.15) is 5.10 Å². The lowest BCUT2D eigenvalue weighted by Crippen LogP contribution is -2.17. The molecule has 1 aromatic heterocycles. The number of nitrogens with two attached hydrogens (primary N) is 1. The molecule has 3 nitrogen and oxygen atoms in total. The van der Waals surface area contributed by atoms with E-state index in [1.807, 2.05) is 17.7 Å². The first-order valence-corrected chi connectivity index (χ1v) is 5.11. The van der Waals surface area contributed by atoms with Gasteiger partial charge in [0.25, 0.3) is 0 Å². The first-order chi connectivity index (χ1) is 6.29. The standard InChI is InChI=1S/C11H21N3/c1-8-6-10(12)14(13-8)9(2)7-11(3,4)5/h6,9H,7,12H2,1-5H3. The van der Waals surface area contributed by atoms with E-state index in [4.69, 9.17) is 5.73 Å². The summed E-state index contributed by atoms with van der Waals surface area (Å²) in [6.45, 7) is 10.8. The molecule has 0 amide bonds. The predicted octanol–water partition coefficient (Wildman–Crippen LogP) is 2.77. The molecule has 0 bridgehead atoms. The maximum absolute atomic E-state index is 5.86. The van der Waals surface area contributed by atoms with Crippen molar-refractivity contribution in [1.29, 1.82) is 0 Å². The monoisotopic (exact) mass is 195 g/mol. The van der Waals surface area contributed by atoms with Crippen LogP contribution in [-0.2, 0) is 0 Å². The Morgan fingerprint density at radius 2 is 2.07 bits per heavy atom. The lowest BCUT2D eigenvalue weighted by Gasteiger charge is -2.24. The summed E-state index contributed by atoms with van der Waals surface area (Å²) < 4.78 is 1.92. The van der Waals surface area contributed by atoms with Crippen LogP contribution in [0.3, 0.4) is 0 Å². The molecule has 1 aromatic rings. The molecule has 0 radical (unpaired) electrons. The normalized spacial score (nSPS) is 14.4. The minimum Gasteiger partial charge on any atom is -0.384 e. The van der Waals surface area contributed by atoms with Crippen molar-refractivity contribution < 1.29 is 0 Å². The van der Waals surface area contributed by atoms with E-state index in [1.165, 1.54) is 0 Å². The van der Waals surface area contributed by atoms with Gasteiger partial charge in [-0.05, 0) is 25.7 Å². The number of hydrogen-bond donors (Lipinski definition) is 1. The van der Waals surface area contributed by atoms with Crippen molar-refractivity contribution >= 4 is 5.82 Å². The molecule has 0 aliphatic rings. The first-order valence-electron chi connectivity index (χ1n) is 5.11. The Labute approximate surface area is 86.3 Å². The zero-order valence-corrected chi connectivity index (χ0v) is 9.83. The highest BCUT2D eigenvalue weighted by Gasteiger charge is 2.18. The Bertz CT molecular complexity index is 307. The first kappa shape index (κ1) is 11.1. The van der Waals surface area contributed by atoms with Gasteiger partial charge in [0.2, 0.25) is 0 Å². The predicted molar refractivity (Wildman–Crippen MR) is 60.2 cm³/mol. The van der Waals surface area contributed by atoms with Gasteiger partial charge >= 0.3 is 0 Å². The van der Waals surface area contributed by atoms with Gasteiger partial charge in [-0.15, -0.1) is 0 Å². The maximum atomic E-state index is 5.86. The molecule has 0 fully saturated rings. The van der Waals surface area contributed by atoms with E-state index in [9.17, 15) is 0 Å². The average molecular weight is 195 g/mol. The van der Waals surface area contributed by atoms with E-state index >= 15 is 0 Å². The highest BCUT2D eigenvalue weighted by Crippen LogP contribution is 2.28. The van der Waals surface area contributed by atoms with Gasteiger partial charge < -0.3 is 5.73 Å². The van der Waals surface area contributed by atoms with Gasteiger partial charge in [0, 0.05) is 6.07 Å².